The molecule has 1 atom stereocenters. The van der Waals surface area contributed by atoms with Crippen LogP contribution in [0.3, 0.4) is 0 Å². The molecule has 0 saturated heterocycles. The summed E-state index contributed by atoms with van der Waals surface area (Å²) in [6.07, 6.45) is 0.796. The Balaban J connectivity index is 3.02. The van der Waals surface area contributed by atoms with Crippen LogP contribution in [0.25, 0.3) is 0 Å². The van der Waals surface area contributed by atoms with Gasteiger partial charge in [-0.15, -0.1) is 0 Å². The highest BCUT2D eigenvalue weighted by molar-refractivity contribution is 9.11. The minimum Gasteiger partial charge on any atom is -0.488 e. The summed E-state index contributed by atoms with van der Waals surface area (Å²) in [6.45, 7) is 8.25. The molecule has 0 aliphatic rings. The number of ether oxygens (including phenoxy) is 1. The van der Waals surface area contributed by atoms with Crippen molar-refractivity contribution in [3.05, 3.63) is 38.8 Å². The minimum atomic E-state index is 0.109. The van der Waals surface area contributed by atoms with Crippen molar-refractivity contribution < 1.29 is 4.74 Å². The van der Waals surface area contributed by atoms with Crippen LogP contribution in [0, 0.1) is 6.92 Å². The molecule has 1 unspecified atom stereocenters. The van der Waals surface area contributed by atoms with E-state index in [1.807, 2.05) is 19.9 Å². The third kappa shape index (κ3) is 4.82. The van der Waals surface area contributed by atoms with Crippen LogP contribution in [-0.4, -0.2) is 12.6 Å². The summed E-state index contributed by atoms with van der Waals surface area (Å²) in [7, 11) is 0. The smallest absolute Gasteiger partial charge is 0.126 e. The Hall–Kier alpha value is -0.320. The Morgan fingerprint density at radius 1 is 1.53 bits per heavy atom. The third-order valence-electron chi connectivity index (χ3n) is 2.23. The summed E-state index contributed by atoms with van der Waals surface area (Å²) in [5, 5.41) is 0. The summed E-state index contributed by atoms with van der Waals surface area (Å²) in [4.78, 5) is 0. The number of halogens is 2. The van der Waals surface area contributed by atoms with Gasteiger partial charge in [-0.05, 0) is 43.5 Å². The normalized spacial score (nSPS) is 12.3. The maximum atomic E-state index is 5.85. The Morgan fingerprint density at radius 3 is 2.71 bits per heavy atom. The zero-order valence-electron chi connectivity index (χ0n) is 10.1. The van der Waals surface area contributed by atoms with Crippen LogP contribution in [-0.2, 0) is 6.42 Å². The predicted molar refractivity (Wildman–Crippen MR) is 79.8 cm³/mol. The first-order valence-corrected chi connectivity index (χ1v) is 6.99. The second-order valence-corrected chi connectivity index (χ2v) is 6.24. The van der Waals surface area contributed by atoms with E-state index >= 15 is 0 Å². The number of hydrogen-bond donors (Lipinski definition) is 1. The van der Waals surface area contributed by atoms with Crippen molar-refractivity contribution in [2.75, 3.05) is 6.61 Å². The van der Waals surface area contributed by atoms with Crippen molar-refractivity contribution in [2.24, 2.45) is 5.73 Å². The highest BCUT2D eigenvalue weighted by atomic mass is 79.9. The van der Waals surface area contributed by atoms with E-state index in [1.165, 1.54) is 0 Å². The van der Waals surface area contributed by atoms with Gasteiger partial charge in [-0.1, -0.05) is 38.4 Å². The average molecular weight is 363 g/mol. The van der Waals surface area contributed by atoms with Crippen molar-refractivity contribution in [2.45, 2.75) is 26.3 Å². The molecule has 2 nitrogen and oxygen atoms in total. The molecule has 17 heavy (non-hydrogen) atoms. The first-order valence-electron chi connectivity index (χ1n) is 5.41. The molecule has 0 amide bonds. The molecule has 0 aromatic heterocycles. The Kier molecular flexibility index (Phi) is 5.70. The zero-order chi connectivity index (χ0) is 13.0. The summed E-state index contributed by atoms with van der Waals surface area (Å²) >= 11 is 6.79. The van der Waals surface area contributed by atoms with Gasteiger partial charge >= 0.3 is 0 Å². The summed E-state index contributed by atoms with van der Waals surface area (Å²) in [6, 6.07) is 4.21. The molecule has 0 bridgehead atoms. The van der Waals surface area contributed by atoms with Gasteiger partial charge in [0.15, 0.2) is 0 Å². The molecule has 94 valence electrons. The number of benzene rings is 1. The van der Waals surface area contributed by atoms with E-state index < -0.39 is 0 Å². The van der Waals surface area contributed by atoms with E-state index in [2.05, 4.69) is 44.5 Å². The summed E-state index contributed by atoms with van der Waals surface area (Å²) in [5.74, 6) is 0.908. The topological polar surface area (TPSA) is 35.2 Å². The summed E-state index contributed by atoms with van der Waals surface area (Å²) in [5.41, 5.74) is 8.08. The van der Waals surface area contributed by atoms with Gasteiger partial charge in [0.05, 0.1) is 0 Å². The van der Waals surface area contributed by atoms with Gasteiger partial charge in [-0.25, -0.2) is 0 Å². The third-order valence-corrected chi connectivity index (χ3v) is 2.92. The molecule has 0 heterocycles. The second kappa shape index (κ2) is 6.57. The quantitative estimate of drug-likeness (QED) is 0.861. The van der Waals surface area contributed by atoms with Crippen LogP contribution in [0.1, 0.15) is 18.1 Å². The largest absolute Gasteiger partial charge is 0.488 e. The highest BCUT2D eigenvalue weighted by Crippen LogP contribution is 2.29. The Labute approximate surface area is 119 Å². The van der Waals surface area contributed by atoms with E-state index in [-0.39, 0.29) is 6.04 Å². The minimum absolute atomic E-state index is 0.109. The van der Waals surface area contributed by atoms with Gasteiger partial charge in [0.2, 0.25) is 0 Å². The second-order valence-electron chi connectivity index (χ2n) is 4.20. The van der Waals surface area contributed by atoms with Gasteiger partial charge < -0.3 is 10.5 Å². The SMILES string of the molecule is C=C(Br)COc1c(C)cc(Br)cc1CC(C)N. The van der Waals surface area contributed by atoms with Gasteiger partial charge in [0.1, 0.15) is 12.4 Å². The van der Waals surface area contributed by atoms with Gasteiger partial charge in [-0.3, -0.25) is 0 Å². The fourth-order valence-electron chi connectivity index (χ4n) is 1.65. The monoisotopic (exact) mass is 361 g/mol. The predicted octanol–water partition coefficient (Wildman–Crippen LogP) is 3.93. The van der Waals surface area contributed by atoms with Crippen LogP contribution >= 0.6 is 31.9 Å². The van der Waals surface area contributed by atoms with Crippen LogP contribution < -0.4 is 10.5 Å². The fourth-order valence-corrected chi connectivity index (χ4v) is 2.39. The first-order chi connectivity index (χ1) is 7.90. The molecule has 1 aromatic rings. The number of hydrogen-bond acceptors (Lipinski definition) is 2. The van der Waals surface area contributed by atoms with Gasteiger partial charge in [0.25, 0.3) is 0 Å². The molecule has 0 radical (unpaired) electrons. The van der Waals surface area contributed by atoms with Crippen LogP contribution in [0.15, 0.2) is 27.7 Å². The van der Waals surface area contributed by atoms with Crippen molar-refractivity contribution in [3.8, 4) is 5.75 Å². The molecule has 4 heteroatoms. The average Bonchev–Trinajstić information content (AvgIpc) is 2.14. The Morgan fingerprint density at radius 2 is 2.18 bits per heavy atom. The fraction of sp³-hybridized carbons (Fsp3) is 0.385. The standard InChI is InChI=1S/C13H17Br2NO/c1-8-4-12(15)6-11(5-10(3)16)13(8)17-7-9(2)14/h4,6,10H,2,5,7,16H2,1,3H3. The van der Waals surface area contributed by atoms with Crippen LogP contribution in [0.5, 0.6) is 5.75 Å². The van der Waals surface area contributed by atoms with Crippen LogP contribution in [0.4, 0.5) is 0 Å². The van der Waals surface area contributed by atoms with E-state index in [9.17, 15) is 0 Å². The molecular weight excluding hydrogens is 346 g/mol. The molecular formula is C13H17Br2NO. The first kappa shape index (κ1) is 14.7. The lowest BCUT2D eigenvalue weighted by molar-refractivity contribution is 0.353. The molecule has 0 spiro atoms. The van der Waals surface area contributed by atoms with Crippen molar-refractivity contribution in [1.82, 2.24) is 0 Å². The van der Waals surface area contributed by atoms with E-state index in [4.69, 9.17) is 10.5 Å². The van der Waals surface area contributed by atoms with Gasteiger partial charge in [-0.2, -0.15) is 0 Å². The van der Waals surface area contributed by atoms with Crippen molar-refractivity contribution in [1.29, 1.82) is 0 Å². The van der Waals surface area contributed by atoms with Crippen LogP contribution in [0.2, 0.25) is 0 Å². The summed E-state index contributed by atoms with van der Waals surface area (Å²) < 4.78 is 7.64. The lowest BCUT2D eigenvalue weighted by Gasteiger charge is -2.16. The Bertz CT molecular complexity index is 416. The number of rotatable bonds is 5. The zero-order valence-corrected chi connectivity index (χ0v) is 13.3. The molecule has 0 fully saturated rings. The number of aryl methyl sites for hydroxylation is 1. The maximum Gasteiger partial charge on any atom is 0.126 e. The van der Waals surface area contributed by atoms with E-state index in [0.717, 1.165) is 32.3 Å². The molecule has 1 rings (SSSR count). The lowest BCUT2D eigenvalue weighted by Crippen LogP contribution is -2.18. The highest BCUT2D eigenvalue weighted by Gasteiger charge is 2.11. The van der Waals surface area contributed by atoms with Gasteiger partial charge in [0, 0.05) is 15.0 Å². The maximum absolute atomic E-state index is 5.85. The molecule has 0 aliphatic carbocycles. The molecule has 0 aliphatic heterocycles. The molecule has 2 N–H and O–H groups in total. The molecule has 0 saturated carbocycles. The number of nitrogens with two attached hydrogens (primary N) is 1. The van der Waals surface area contributed by atoms with E-state index in [1.54, 1.807) is 0 Å². The molecule has 1 aromatic carbocycles. The van der Waals surface area contributed by atoms with E-state index in [0.29, 0.717) is 6.61 Å². The van der Waals surface area contributed by atoms with Crippen molar-refractivity contribution in [3.63, 3.8) is 0 Å². The van der Waals surface area contributed by atoms with Crippen molar-refractivity contribution >= 4 is 31.9 Å². The lowest BCUT2D eigenvalue weighted by atomic mass is 10.0.